The zero-order valence-corrected chi connectivity index (χ0v) is 16.3. The van der Waals surface area contributed by atoms with Gasteiger partial charge in [0.2, 0.25) is 0 Å². The molecule has 0 aliphatic heterocycles. The Kier molecular flexibility index (Phi) is 5.34. The largest absolute Gasteiger partial charge is 0.462 e. The molecule has 0 spiro atoms. The Hall–Kier alpha value is -2.64. The van der Waals surface area contributed by atoms with Crippen molar-refractivity contribution in [3.63, 3.8) is 0 Å². The number of aromatic nitrogens is 2. The second-order valence-corrected chi connectivity index (χ2v) is 8.25. The maximum Gasteiger partial charge on any atom is 0.342 e. The van der Waals surface area contributed by atoms with E-state index in [9.17, 15) is 13.2 Å². The van der Waals surface area contributed by atoms with E-state index < -0.39 is 15.0 Å². The number of hydrogen-bond donors (Lipinski definition) is 0. The van der Waals surface area contributed by atoms with Crippen molar-refractivity contribution >= 4 is 25.7 Å². The second-order valence-electron chi connectivity index (χ2n) is 5.71. The summed E-state index contributed by atoms with van der Waals surface area (Å²) < 4.78 is 30.9. The fourth-order valence-corrected chi connectivity index (χ4v) is 3.93. The Morgan fingerprint density at radius 3 is 2.37 bits per heavy atom. The summed E-state index contributed by atoms with van der Waals surface area (Å²) in [6.45, 7) is 3.56. The maximum atomic E-state index is 12.6. The van der Waals surface area contributed by atoms with Crippen LogP contribution in [0.15, 0.2) is 59.5 Å². The minimum atomic E-state index is -4.05. The highest BCUT2D eigenvalue weighted by molar-refractivity contribution is 8.13. The molecule has 0 N–H and O–H groups in total. The van der Waals surface area contributed by atoms with Crippen molar-refractivity contribution in [1.29, 1.82) is 0 Å². The van der Waals surface area contributed by atoms with E-state index in [2.05, 4.69) is 5.10 Å². The minimum absolute atomic E-state index is 0.103. The number of aryl methyl sites for hydroxylation is 1. The number of carbonyl (C=O) groups is 1. The number of benzene rings is 2. The molecule has 1 aromatic heterocycles. The molecule has 0 aliphatic carbocycles. The number of hydrogen-bond acceptors (Lipinski definition) is 5. The van der Waals surface area contributed by atoms with E-state index in [4.69, 9.17) is 15.4 Å². The molecular weight excluding hydrogens is 388 g/mol. The zero-order valence-electron chi connectivity index (χ0n) is 14.7. The molecule has 6 nitrogen and oxygen atoms in total. The molecule has 0 bridgehead atoms. The maximum absolute atomic E-state index is 12.6. The van der Waals surface area contributed by atoms with Crippen molar-refractivity contribution in [2.45, 2.75) is 18.7 Å². The van der Waals surface area contributed by atoms with Gasteiger partial charge in [0.05, 0.1) is 28.6 Å². The summed E-state index contributed by atoms with van der Waals surface area (Å²) in [4.78, 5) is 12.5. The Morgan fingerprint density at radius 2 is 1.74 bits per heavy atom. The van der Waals surface area contributed by atoms with E-state index in [1.54, 1.807) is 32.0 Å². The lowest BCUT2D eigenvalue weighted by molar-refractivity contribution is 0.0526. The van der Waals surface area contributed by atoms with Crippen molar-refractivity contribution in [1.82, 2.24) is 9.78 Å². The molecule has 140 valence electrons. The predicted octanol–water partition coefficient (Wildman–Crippen LogP) is 3.95. The molecule has 0 fully saturated rings. The van der Waals surface area contributed by atoms with Crippen molar-refractivity contribution in [3.05, 3.63) is 65.9 Å². The van der Waals surface area contributed by atoms with Crippen molar-refractivity contribution < 1.29 is 17.9 Å². The van der Waals surface area contributed by atoms with Crippen molar-refractivity contribution in [3.8, 4) is 16.9 Å². The lowest BCUT2D eigenvalue weighted by Crippen LogP contribution is -2.09. The third-order valence-corrected chi connectivity index (χ3v) is 5.33. The van der Waals surface area contributed by atoms with Gasteiger partial charge in [-0.25, -0.2) is 17.9 Å². The number of ether oxygens (including phenoxy) is 1. The molecule has 3 aromatic rings. The molecular formula is C19H17ClN2O4S. The summed E-state index contributed by atoms with van der Waals surface area (Å²) in [5.74, 6) is -0.575. The van der Waals surface area contributed by atoms with Crippen LogP contribution >= 0.6 is 10.7 Å². The van der Waals surface area contributed by atoms with Gasteiger partial charge in [0.25, 0.3) is 9.05 Å². The van der Waals surface area contributed by atoms with Crippen LogP contribution in [0.2, 0.25) is 0 Å². The monoisotopic (exact) mass is 404 g/mol. The second kappa shape index (κ2) is 7.54. The van der Waals surface area contributed by atoms with Gasteiger partial charge in [-0.1, -0.05) is 36.4 Å². The average molecular weight is 405 g/mol. The van der Waals surface area contributed by atoms with Crippen molar-refractivity contribution in [2.75, 3.05) is 6.61 Å². The molecule has 0 amide bonds. The lowest BCUT2D eigenvalue weighted by Gasteiger charge is -2.12. The molecule has 0 radical (unpaired) electrons. The molecule has 3 rings (SSSR count). The van der Waals surface area contributed by atoms with E-state index >= 15 is 0 Å². The van der Waals surface area contributed by atoms with Gasteiger partial charge < -0.3 is 4.74 Å². The van der Waals surface area contributed by atoms with E-state index in [0.717, 1.165) is 0 Å². The van der Waals surface area contributed by atoms with Crippen LogP contribution in [0, 0.1) is 6.92 Å². The van der Waals surface area contributed by atoms with Crippen LogP contribution in [0.3, 0.4) is 0 Å². The lowest BCUT2D eigenvalue weighted by atomic mass is 10.1. The normalized spacial score (nSPS) is 11.4. The van der Waals surface area contributed by atoms with Crippen LogP contribution < -0.4 is 0 Å². The Balaban J connectivity index is 2.39. The summed E-state index contributed by atoms with van der Waals surface area (Å²) in [6.07, 6.45) is 0. The number of para-hydroxylation sites is 1. The van der Waals surface area contributed by atoms with Crippen LogP contribution in [-0.4, -0.2) is 30.8 Å². The highest BCUT2D eigenvalue weighted by Crippen LogP contribution is 2.35. The first-order chi connectivity index (χ1) is 12.8. The van der Waals surface area contributed by atoms with Gasteiger partial charge in [0.15, 0.2) is 0 Å². The molecule has 0 aliphatic rings. The zero-order chi connectivity index (χ0) is 19.6. The average Bonchev–Trinajstić information content (AvgIpc) is 2.99. The smallest absolute Gasteiger partial charge is 0.342 e. The Labute approximate surface area is 161 Å². The van der Waals surface area contributed by atoms with Gasteiger partial charge in [-0.2, -0.15) is 5.10 Å². The summed E-state index contributed by atoms with van der Waals surface area (Å²) in [7, 11) is 1.59. The van der Waals surface area contributed by atoms with Gasteiger partial charge in [-0.3, -0.25) is 0 Å². The number of carbonyl (C=O) groups excluding carboxylic acids is 1. The number of nitrogens with zero attached hydrogens (tertiary/aromatic N) is 2. The van der Waals surface area contributed by atoms with Gasteiger partial charge in [0.1, 0.15) is 5.56 Å². The number of halogens is 1. The van der Waals surface area contributed by atoms with E-state index in [1.807, 2.05) is 30.3 Å². The van der Waals surface area contributed by atoms with Crippen LogP contribution in [-0.2, 0) is 13.8 Å². The highest BCUT2D eigenvalue weighted by Gasteiger charge is 2.28. The van der Waals surface area contributed by atoms with Crippen LogP contribution in [0.1, 0.15) is 23.0 Å². The number of esters is 1. The van der Waals surface area contributed by atoms with E-state index in [0.29, 0.717) is 17.1 Å². The molecule has 0 saturated heterocycles. The molecule has 0 saturated carbocycles. The first kappa shape index (κ1) is 19.1. The summed E-state index contributed by atoms with van der Waals surface area (Å²) in [5, 5.41) is 4.46. The molecule has 2 aromatic carbocycles. The molecule has 0 atom stereocenters. The fraction of sp³-hybridized carbons (Fsp3) is 0.158. The van der Waals surface area contributed by atoms with E-state index in [1.165, 1.54) is 10.7 Å². The third-order valence-electron chi connectivity index (χ3n) is 3.95. The molecule has 27 heavy (non-hydrogen) atoms. The standard InChI is InChI=1S/C19H17ClN2O4S/c1-3-26-19(23)17-13(2)21-22(14-9-5-4-6-10-14)18(17)15-11-7-8-12-16(15)27(20,24)25/h4-12H,3H2,1-2H3. The molecule has 8 heteroatoms. The summed E-state index contributed by atoms with van der Waals surface area (Å²) >= 11 is 0. The van der Waals surface area contributed by atoms with Gasteiger partial charge >= 0.3 is 5.97 Å². The van der Waals surface area contributed by atoms with E-state index in [-0.39, 0.29) is 22.6 Å². The van der Waals surface area contributed by atoms with Crippen LogP contribution in [0.5, 0.6) is 0 Å². The minimum Gasteiger partial charge on any atom is -0.462 e. The summed E-state index contributed by atoms with van der Waals surface area (Å²) in [5.41, 5.74) is 1.90. The first-order valence-electron chi connectivity index (χ1n) is 8.20. The summed E-state index contributed by atoms with van der Waals surface area (Å²) in [6, 6.07) is 15.3. The third kappa shape index (κ3) is 3.74. The molecule has 1 heterocycles. The van der Waals surface area contributed by atoms with Crippen LogP contribution in [0.25, 0.3) is 16.9 Å². The van der Waals surface area contributed by atoms with Crippen LogP contribution in [0.4, 0.5) is 0 Å². The highest BCUT2D eigenvalue weighted by atomic mass is 35.7. The SMILES string of the molecule is CCOC(=O)c1c(C)nn(-c2ccccc2)c1-c1ccccc1S(=O)(=O)Cl. The predicted molar refractivity (Wildman–Crippen MR) is 103 cm³/mol. The topological polar surface area (TPSA) is 78.3 Å². The van der Waals surface area contributed by atoms with Gasteiger partial charge in [0, 0.05) is 16.2 Å². The number of rotatable bonds is 5. The van der Waals surface area contributed by atoms with Crippen molar-refractivity contribution in [2.24, 2.45) is 0 Å². The van der Waals surface area contributed by atoms with Gasteiger partial charge in [-0.15, -0.1) is 0 Å². The quantitative estimate of drug-likeness (QED) is 0.475. The Morgan fingerprint density at radius 1 is 1.11 bits per heavy atom. The van der Waals surface area contributed by atoms with Gasteiger partial charge in [-0.05, 0) is 32.0 Å². The molecule has 0 unspecified atom stereocenters. The fourth-order valence-electron chi connectivity index (χ4n) is 2.85. The Bertz CT molecular complexity index is 1090. The first-order valence-corrected chi connectivity index (χ1v) is 10.5.